The molecule has 0 saturated carbocycles. The van der Waals surface area contributed by atoms with Gasteiger partial charge in [0.1, 0.15) is 0 Å². The normalized spacial score (nSPS) is 14.4. The van der Waals surface area contributed by atoms with Crippen LogP contribution in [0.3, 0.4) is 0 Å². The fourth-order valence-corrected chi connectivity index (χ4v) is 2.21. The molecule has 1 aromatic rings. The summed E-state index contributed by atoms with van der Waals surface area (Å²) in [5.41, 5.74) is 7.05. The average molecular weight is 261 g/mol. The SMILES string of the molecule is CN(C)CCCCN1C(=O)c2ccc(N)cc2C1=O. The van der Waals surface area contributed by atoms with E-state index in [0.717, 1.165) is 19.4 Å². The van der Waals surface area contributed by atoms with Gasteiger partial charge in [-0.25, -0.2) is 0 Å². The van der Waals surface area contributed by atoms with Crippen LogP contribution in [-0.2, 0) is 0 Å². The van der Waals surface area contributed by atoms with Gasteiger partial charge in [-0.3, -0.25) is 14.5 Å². The number of fused-ring (bicyclic) bond motifs is 1. The van der Waals surface area contributed by atoms with Gasteiger partial charge in [-0.2, -0.15) is 0 Å². The standard InChI is InChI=1S/C14H19N3O2/c1-16(2)7-3-4-8-17-13(18)11-6-5-10(15)9-12(11)14(17)19/h5-6,9H,3-4,7-8,15H2,1-2H3. The van der Waals surface area contributed by atoms with Gasteiger partial charge in [-0.1, -0.05) is 0 Å². The third-order valence-corrected chi connectivity index (χ3v) is 3.23. The van der Waals surface area contributed by atoms with Crippen molar-refractivity contribution in [1.82, 2.24) is 9.80 Å². The van der Waals surface area contributed by atoms with Gasteiger partial charge in [0.15, 0.2) is 0 Å². The first-order valence-corrected chi connectivity index (χ1v) is 6.41. The summed E-state index contributed by atoms with van der Waals surface area (Å²) in [6.07, 6.45) is 1.78. The topological polar surface area (TPSA) is 66.6 Å². The summed E-state index contributed by atoms with van der Waals surface area (Å²) in [5.74, 6) is -0.429. The average Bonchev–Trinajstić information content (AvgIpc) is 2.58. The second-order valence-corrected chi connectivity index (χ2v) is 5.08. The summed E-state index contributed by atoms with van der Waals surface area (Å²) >= 11 is 0. The molecular weight excluding hydrogens is 242 g/mol. The van der Waals surface area contributed by atoms with Crippen LogP contribution in [0.1, 0.15) is 33.6 Å². The lowest BCUT2D eigenvalue weighted by molar-refractivity contribution is 0.0651. The van der Waals surface area contributed by atoms with Crippen LogP contribution >= 0.6 is 0 Å². The van der Waals surface area contributed by atoms with Crippen molar-refractivity contribution in [3.63, 3.8) is 0 Å². The number of unbranched alkanes of at least 4 members (excludes halogenated alkanes) is 1. The molecule has 0 unspecified atom stereocenters. The highest BCUT2D eigenvalue weighted by molar-refractivity contribution is 6.21. The molecule has 0 spiro atoms. The molecule has 2 rings (SSSR count). The van der Waals surface area contributed by atoms with Crippen LogP contribution in [0, 0.1) is 0 Å². The van der Waals surface area contributed by atoms with Gasteiger partial charge in [0, 0.05) is 12.2 Å². The number of amides is 2. The van der Waals surface area contributed by atoms with Crippen molar-refractivity contribution in [1.29, 1.82) is 0 Å². The van der Waals surface area contributed by atoms with Crippen LogP contribution in [0.25, 0.3) is 0 Å². The lowest BCUT2D eigenvalue weighted by atomic mass is 10.1. The summed E-state index contributed by atoms with van der Waals surface area (Å²) in [5, 5.41) is 0. The van der Waals surface area contributed by atoms with Gasteiger partial charge in [0.05, 0.1) is 11.1 Å². The van der Waals surface area contributed by atoms with E-state index in [2.05, 4.69) is 4.90 Å². The second kappa shape index (κ2) is 5.40. The molecule has 5 heteroatoms. The van der Waals surface area contributed by atoms with E-state index < -0.39 is 0 Å². The Balaban J connectivity index is 2.02. The molecular formula is C14H19N3O2. The van der Waals surface area contributed by atoms with Crippen LogP contribution in [-0.4, -0.2) is 48.8 Å². The van der Waals surface area contributed by atoms with Gasteiger partial charge in [0.25, 0.3) is 11.8 Å². The van der Waals surface area contributed by atoms with E-state index in [-0.39, 0.29) is 11.8 Å². The van der Waals surface area contributed by atoms with E-state index in [9.17, 15) is 9.59 Å². The summed E-state index contributed by atoms with van der Waals surface area (Å²) in [4.78, 5) is 27.6. The van der Waals surface area contributed by atoms with Crippen molar-refractivity contribution in [3.05, 3.63) is 29.3 Å². The number of carbonyl (C=O) groups excluding carboxylic acids is 2. The Hall–Kier alpha value is -1.88. The zero-order valence-electron chi connectivity index (χ0n) is 11.3. The first kappa shape index (κ1) is 13.5. The molecule has 1 heterocycles. The van der Waals surface area contributed by atoms with Crippen LogP contribution in [0.4, 0.5) is 5.69 Å². The molecule has 1 aliphatic rings. The maximum absolute atomic E-state index is 12.1. The van der Waals surface area contributed by atoms with Gasteiger partial charge >= 0.3 is 0 Å². The maximum atomic E-state index is 12.1. The largest absolute Gasteiger partial charge is 0.399 e. The number of anilines is 1. The predicted molar refractivity (Wildman–Crippen MR) is 74.0 cm³/mol. The zero-order valence-corrected chi connectivity index (χ0v) is 11.3. The number of rotatable bonds is 5. The Morgan fingerprint density at radius 2 is 1.79 bits per heavy atom. The molecule has 2 amide bonds. The molecule has 0 radical (unpaired) electrons. The number of hydrogen-bond donors (Lipinski definition) is 1. The lowest BCUT2D eigenvalue weighted by Crippen LogP contribution is -2.31. The molecule has 1 aliphatic heterocycles. The monoisotopic (exact) mass is 261 g/mol. The number of nitrogens with zero attached hydrogens (tertiary/aromatic N) is 2. The molecule has 102 valence electrons. The fourth-order valence-electron chi connectivity index (χ4n) is 2.21. The summed E-state index contributed by atoms with van der Waals surface area (Å²) in [7, 11) is 4.01. The molecule has 5 nitrogen and oxygen atoms in total. The van der Waals surface area contributed by atoms with Crippen molar-refractivity contribution in [2.75, 3.05) is 32.9 Å². The predicted octanol–water partition coefficient (Wildman–Crippen LogP) is 1.21. The molecule has 1 aromatic carbocycles. The summed E-state index contributed by atoms with van der Waals surface area (Å²) in [6, 6.07) is 4.86. The van der Waals surface area contributed by atoms with Gasteiger partial charge in [-0.15, -0.1) is 0 Å². The smallest absolute Gasteiger partial charge is 0.261 e. The van der Waals surface area contributed by atoms with Gasteiger partial charge in [0.2, 0.25) is 0 Å². The molecule has 0 saturated heterocycles. The quantitative estimate of drug-likeness (QED) is 0.491. The number of hydrogen-bond acceptors (Lipinski definition) is 4. The van der Waals surface area contributed by atoms with Gasteiger partial charge < -0.3 is 10.6 Å². The van der Waals surface area contributed by atoms with Crippen LogP contribution in [0.15, 0.2) is 18.2 Å². The molecule has 0 fully saturated rings. The highest BCUT2D eigenvalue weighted by Crippen LogP contribution is 2.24. The number of benzene rings is 1. The third-order valence-electron chi connectivity index (χ3n) is 3.23. The van der Waals surface area contributed by atoms with Gasteiger partial charge in [-0.05, 0) is 51.7 Å². The minimum Gasteiger partial charge on any atom is -0.399 e. The number of nitrogen functional groups attached to an aromatic ring is 1. The number of nitrogens with two attached hydrogens (primary N) is 1. The Morgan fingerprint density at radius 1 is 1.11 bits per heavy atom. The summed E-state index contributed by atoms with van der Waals surface area (Å²) in [6.45, 7) is 1.43. The maximum Gasteiger partial charge on any atom is 0.261 e. The molecule has 19 heavy (non-hydrogen) atoms. The molecule has 2 N–H and O–H groups in total. The zero-order chi connectivity index (χ0) is 14.0. The van der Waals surface area contributed by atoms with E-state index in [1.807, 2.05) is 14.1 Å². The van der Waals surface area contributed by atoms with E-state index >= 15 is 0 Å². The number of imide groups is 1. The van der Waals surface area contributed by atoms with Crippen LogP contribution in [0.5, 0.6) is 0 Å². The number of carbonyl (C=O) groups is 2. The van der Waals surface area contributed by atoms with E-state index in [1.165, 1.54) is 4.90 Å². The van der Waals surface area contributed by atoms with Crippen LogP contribution in [0.2, 0.25) is 0 Å². The molecule has 0 aliphatic carbocycles. The Kier molecular flexibility index (Phi) is 3.85. The van der Waals surface area contributed by atoms with Crippen molar-refractivity contribution in [2.24, 2.45) is 0 Å². The highest BCUT2D eigenvalue weighted by Gasteiger charge is 2.34. The van der Waals surface area contributed by atoms with Crippen molar-refractivity contribution >= 4 is 17.5 Å². The van der Waals surface area contributed by atoms with Crippen molar-refractivity contribution in [3.8, 4) is 0 Å². The Morgan fingerprint density at radius 3 is 2.47 bits per heavy atom. The fraction of sp³-hybridized carbons (Fsp3) is 0.429. The third kappa shape index (κ3) is 2.76. The summed E-state index contributed by atoms with van der Waals surface area (Å²) < 4.78 is 0. The van der Waals surface area contributed by atoms with Crippen LogP contribution < -0.4 is 5.73 Å². The van der Waals surface area contributed by atoms with E-state index in [4.69, 9.17) is 5.73 Å². The first-order valence-electron chi connectivity index (χ1n) is 6.41. The molecule has 0 aromatic heterocycles. The Labute approximate surface area is 113 Å². The Bertz CT molecular complexity index is 511. The molecule has 0 atom stereocenters. The van der Waals surface area contributed by atoms with Crippen molar-refractivity contribution in [2.45, 2.75) is 12.8 Å². The lowest BCUT2D eigenvalue weighted by Gasteiger charge is -2.14. The van der Waals surface area contributed by atoms with E-state index in [0.29, 0.717) is 23.4 Å². The minimum atomic E-state index is -0.225. The molecule has 0 bridgehead atoms. The van der Waals surface area contributed by atoms with E-state index in [1.54, 1.807) is 18.2 Å². The highest BCUT2D eigenvalue weighted by atomic mass is 16.2. The second-order valence-electron chi connectivity index (χ2n) is 5.08. The van der Waals surface area contributed by atoms with Crippen molar-refractivity contribution < 1.29 is 9.59 Å². The minimum absolute atomic E-state index is 0.204. The first-order chi connectivity index (χ1) is 9.00.